The highest BCUT2D eigenvalue weighted by Gasteiger charge is 2.35. The van der Waals surface area contributed by atoms with Crippen LogP contribution >= 0.6 is 35.0 Å². The second-order valence-electron chi connectivity index (χ2n) is 8.01. The van der Waals surface area contributed by atoms with E-state index in [9.17, 15) is 18.0 Å². The van der Waals surface area contributed by atoms with Gasteiger partial charge in [-0.1, -0.05) is 53.0 Å². The standard InChI is InChI=1S/C26H21Cl2NO6S2/c1-3-34-22-13-18(12-21(28)24(22)35-37(32,33)20-9-7-19(27)8-10-20)14-23-25(30)29(26(31)36-23)15-17-6-4-5-16(2)11-17/h4-14H,3,15H2,1-2H3/b23-14-. The molecule has 0 bridgehead atoms. The molecule has 1 fully saturated rings. The summed E-state index contributed by atoms with van der Waals surface area (Å²) in [5, 5.41) is -0.0590. The van der Waals surface area contributed by atoms with E-state index in [-0.39, 0.29) is 44.7 Å². The molecule has 0 aromatic heterocycles. The number of rotatable bonds is 8. The Morgan fingerprint density at radius 2 is 1.76 bits per heavy atom. The summed E-state index contributed by atoms with van der Waals surface area (Å²) < 4.78 is 36.5. The summed E-state index contributed by atoms with van der Waals surface area (Å²) >= 11 is 13.1. The molecule has 1 heterocycles. The minimum Gasteiger partial charge on any atom is -0.490 e. The van der Waals surface area contributed by atoms with Gasteiger partial charge in [-0.25, -0.2) is 0 Å². The Hall–Kier alpha value is -2.98. The summed E-state index contributed by atoms with van der Waals surface area (Å²) in [4.78, 5) is 26.8. The lowest BCUT2D eigenvalue weighted by Gasteiger charge is -2.14. The van der Waals surface area contributed by atoms with Crippen molar-refractivity contribution in [2.45, 2.75) is 25.3 Å². The number of hydrogen-bond donors (Lipinski definition) is 0. The first kappa shape index (κ1) is 27.1. The molecule has 4 rings (SSSR count). The Morgan fingerprint density at radius 1 is 1.03 bits per heavy atom. The van der Waals surface area contributed by atoms with Crippen LogP contribution in [0.1, 0.15) is 23.6 Å². The minimum absolute atomic E-state index is 0.0475. The van der Waals surface area contributed by atoms with Crippen LogP contribution in [0.15, 0.2) is 70.5 Å². The molecule has 0 spiro atoms. The summed E-state index contributed by atoms with van der Waals surface area (Å²) in [6, 6.07) is 16.0. The van der Waals surface area contributed by atoms with E-state index in [4.69, 9.17) is 32.1 Å². The van der Waals surface area contributed by atoms with Crippen LogP contribution in [0.25, 0.3) is 6.08 Å². The predicted octanol–water partition coefficient (Wildman–Crippen LogP) is 6.70. The first-order chi connectivity index (χ1) is 17.6. The van der Waals surface area contributed by atoms with Gasteiger partial charge in [-0.15, -0.1) is 0 Å². The maximum Gasteiger partial charge on any atom is 0.339 e. The van der Waals surface area contributed by atoms with Crippen molar-refractivity contribution in [3.8, 4) is 11.5 Å². The Balaban J connectivity index is 1.62. The summed E-state index contributed by atoms with van der Waals surface area (Å²) in [5.41, 5.74) is 2.30. The Morgan fingerprint density at radius 3 is 2.43 bits per heavy atom. The first-order valence-corrected chi connectivity index (χ1v) is 14.0. The third-order valence-electron chi connectivity index (χ3n) is 5.22. The van der Waals surface area contributed by atoms with Crippen LogP contribution in [0.2, 0.25) is 10.0 Å². The summed E-state index contributed by atoms with van der Waals surface area (Å²) in [6.07, 6.45) is 1.51. The summed E-state index contributed by atoms with van der Waals surface area (Å²) in [5.74, 6) is -0.558. The molecule has 0 aliphatic carbocycles. The van der Waals surface area contributed by atoms with Crippen LogP contribution in [0.5, 0.6) is 11.5 Å². The molecule has 1 saturated heterocycles. The minimum atomic E-state index is -4.23. The molecule has 0 atom stereocenters. The third-order valence-corrected chi connectivity index (χ3v) is 7.90. The molecular weight excluding hydrogens is 557 g/mol. The van der Waals surface area contributed by atoms with Crippen molar-refractivity contribution in [2.24, 2.45) is 0 Å². The number of benzene rings is 3. The first-order valence-electron chi connectivity index (χ1n) is 11.0. The van der Waals surface area contributed by atoms with Crippen molar-refractivity contribution in [1.29, 1.82) is 0 Å². The van der Waals surface area contributed by atoms with Gasteiger partial charge in [-0.2, -0.15) is 8.42 Å². The monoisotopic (exact) mass is 577 g/mol. The zero-order chi connectivity index (χ0) is 26.7. The lowest BCUT2D eigenvalue weighted by Crippen LogP contribution is -2.27. The molecule has 192 valence electrons. The fourth-order valence-electron chi connectivity index (χ4n) is 3.55. The Labute approximate surface area is 229 Å². The van der Waals surface area contributed by atoms with Gasteiger partial charge in [0.25, 0.3) is 11.1 Å². The zero-order valence-electron chi connectivity index (χ0n) is 19.7. The van der Waals surface area contributed by atoms with E-state index >= 15 is 0 Å². The number of ether oxygens (including phenoxy) is 1. The van der Waals surface area contributed by atoms with Crippen molar-refractivity contribution < 1.29 is 26.9 Å². The van der Waals surface area contributed by atoms with Gasteiger partial charge in [0.2, 0.25) is 5.75 Å². The van der Waals surface area contributed by atoms with Gasteiger partial charge in [-0.05, 0) is 79.2 Å². The fraction of sp³-hybridized carbons (Fsp3) is 0.154. The number of carbonyl (C=O) groups is 2. The van der Waals surface area contributed by atoms with Gasteiger partial charge >= 0.3 is 10.1 Å². The SMILES string of the molecule is CCOc1cc(/C=C2\SC(=O)N(Cc3cccc(C)c3)C2=O)cc(Cl)c1OS(=O)(=O)c1ccc(Cl)cc1. The highest BCUT2D eigenvalue weighted by Crippen LogP contribution is 2.40. The van der Waals surface area contributed by atoms with E-state index in [1.807, 2.05) is 31.2 Å². The molecule has 0 radical (unpaired) electrons. The van der Waals surface area contributed by atoms with Crippen molar-refractivity contribution in [2.75, 3.05) is 6.61 Å². The van der Waals surface area contributed by atoms with Gasteiger partial charge in [0.1, 0.15) is 4.90 Å². The number of aryl methyl sites for hydroxylation is 1. The highest BCUT2D eigenvalue weighted by atomic mass is 35.5. The fourth-order valence-corrected chi connectivity index (χ4v) is 5.78. The molecular formula is C26H21Cl2NO6S2. The average Bonchev–Trinajstić information content (AvgIpc) is 3.09. The maximum atomic E-state index is 13.0. The number of nitrogens with zero attached hydrogens (tertiary/aromatic N) is 1. The van der Waals surface area contributed by atoms with Gasteiger partial charge in [0.05, 0.1) is 23.1 Å². The molecule has 3 aromatic rings. The van der Waals surface area contributed by atoms with Gasteiger partial charge < -0.3 is 8.92 Å². The van der Waals surface area contributed by atoms with Crippen LogP contribution in [0, 0.1) is 6.92 Å². The van der Waals surface area contributed by atoms with E-state index in [0.29, 0.717) is 10.6 Å². The van der Waals surface area contributed by atoms with Crippen molar-refractivity contribution in [3.63, 3.8) is 0 Å². The summed E-state index contributed by atoms with van der Waals surface area (Å²) in [7, 11) is -4.23. The molecule has 0 saturated carbocycles. The molecule has 0 N–H and O–H groups in total. The van der Waals surface area contributed by atoms with Crippen molar-refractivity contribution in [1.82, 2.24) is 4.90 Å². The zero-order valence-corrected chi connectivity index (χ0v) is 22.9. The van der Waals surface area contributed by atoms with Gasteiger partial charge in [0, 0.05) is 5.02 Å². The van der Waals surface area contributed by atoms with Crippen molar-refractivity contribution >= 4 is 62.3 Å². The normalized spacial score (nSPS) is 14.9. The third kappa shape index (κ3) is 6.30. The molecule has 0 unspecified atom stereocenters. The molecule has 7 nitrogen and oxygen atoms in total. The molecule has 3 aromatic carbocycles. The Bertz CT molecular complexity index is 1500. The highest BCUT2D eigenvalue weighted by molar-refractivity contribution is 8.18. The second kappa shape index (κ2) is 11.2. The molecule has 37 heavy (non-hydrogen) atoms. The predicted molar refractivity (Wildman–Crippen MR) is 145 cm³/mol. The van der Waals surface area contributed by atoms with E-state index in [1.54, 1.807) is 6.92 Å². The number of thioether (sulfide) groups is 1. The average molecular weight is 578 g/mol. The van der Waals surface area contributed by atoms with Crippen LogP contribution in [0.3, 0.4) is 0 Å². The lowest BCUT2D eigenvalue weighted by molar-refractivity contribution is -0.123. The van der Waals surface area contributed by atoms with E-state index in [1.165, 1.54) is 47.4 Å². The van der Waals surface area contributed by atoms with Crippen LogP contribution in [-0.4, -0.2) is 31.1 Å². The quantitative estimate of drug-likeness (QED) is 0.217. The van der Waals surface area contributed by atoms with E-state index in [0.717, 1.165) is 22.9 Å². The van der Waals surface area contributed by atoms with E-state index < -0.39 is 16.0 Å². The topological polar surface area (TPSA) is 90.0 Å². The molecule has 1 aliphatic heterocycles. The van der Waals surface area contributed by atoms with Crippen LogP contribution in [-0.2, 0) is 21.5 Å². The van der Waals surface area contributed by atoms with Gasteiger partial charge in [-0.3, -0.25) is 14.5 Å². The Kier molecular flexibility index (Phi) is 8.18. The van der Waals surface area contributed by atoms with Crippen molar-refractivity contribution in [3.05, 3.63) is 92.3 Å². The maximum absolute atomic E-state index is 13.0. The lowest BCUT2D eigenvalue weighted by atomic mass is 10.1. The number of carbonyl (C=O) groups excluding carboxylic acids is 2. The number of hydrogen-bond acceptors (Lipinski definition) is 7. The van der Waals surface area contributed by atoms with Gasteiger partial charge in [0.15, 0.2) is 5.75 Å². The number of halogens is 2. The molecule has 2 amide bonds. The molecule has 11 heteroatoms. The van der Waals surface area contributed by atoms with E-state index in [2.05, 4.69) is 0 Å². The largest absolute Gasteiger partial charge is 0.490 e. The summed E-state index contributed by atoms with van der Waals surface area (Å²) in [6.45, 7) is 4.01. The van der Waals surface area contributed by atoms with Crippen LogP contribution < -0.4 is 8.92 Å². The smallest absolute Gasteiger partial charge is 0.339 e. The molecule has 1 aliphatic rings. The number of imide groups is 1. The van der Waals surface area contributed by atoms with Crippen LogP contribution in [0.4, 0.5) is 4.79 Å². The number of amides is 2. The second-order valence-corrected chi connectivity index (χ2v) is 11.4.